The van der Waals surface area contributed by atoms with Crippen LogP contribution in [0.15, 0.2) is 12.1 Å². The Balaban J connectivity index is 2.19. The third-order valence-electron chi connectivity index (χ3n) is 4.96. The van der Waals surface area contributed by atoms with Crippen LogP contribution >= 0.6 is 11.6 Å². The number of pyridine rings is 1. The molecule has 1 heterocycles. The zero-order valence-corrected chi connectivity index (χ0v) is 13.8. The average Bonchev–Trinajstić information content (AvgIpc) is 2.70. The normalized spacial score (nSPS) is 20.0. The Morgan fingerprint density at radius 3 is 2.25 bits per heavy atom. The number of rotatable bonds is 3. The van der Waals surface area contributed by atoms with Gasteiger partial charge < -0.3 is 5.32 Å². The predicted molar refractivity (Wildman–Crippen MR) is 82.2 cm³/mol. The highest BCUT2D eigenvalue weighted by Gasteiger charge is 2.65. The van der Waals surface area contributed by atoms with Gasteiger partial charge in [-0.2, -0.15) is 0 Å². The fraction of sp³-hybridized carbons (Fsp3) is 0.625. The van der Waals surface area contributed by atoms with Gasteiger partial charge in [0.1, 0.15) is 5.15 Å². The molecule has 0 spiro atoms. The van der Waals surface area contributed by atoms with Gasteiger partial charge in [0.25, 0.3) is 5.91 Å². The van der Waals surface area contributed by atoms with Gasteiger partial charge in [-0.25, -0.2) is 4.98 Å². The van der Waals surface area contributed by atoms with E-state index in [1.54, 1.807) is 6.07 Å². The van der Waals surface area contributed by atoms with Crippen molar-refractivity contribution in [2.75, 3.05) is 0 Å². The maximum atomic E-state index is 12.4. The van der Waals surface area contributed by atoms with Gasteiger partial charge in [-0.3, -0.25) is 4.79 Å². The molecule has 3 nitrogen and oxygen atoms in total. The molecule has 4 heteroatoms. The summed E-state index contributed by atoms with van der Waals surface area (Å²) in [6, 6.07) is 3.65. The van der Waals surface area contributed by atoms with Gasteiger partial charge >= 0.3 is 0 Å². The number of carbonyl (C=O) groups excluding carboxylic acids is 1. The summed E-state index contributed by atoms with van der Waals surface area (Å²) in [5, 5.41) is 3.49. The van der Waals surface area contributed by atoms with Crippen LogP contribution in [0.3, 0.4) is 0 Å². The molecule has 0 aromatic carbocycles. The first-order valence-corrected chi connectivity index (χ1v) is 7.43. The predicted octanol–water partition coefficient (Wildman–Crippen LogP) is 4.02. The molecule has 1 aliphatic carbocycles. The van der Waals surface area contributed by atoms with Crippen LogP contribution < -0.4 is 5.32 Å². The lowest BCUT2D eigenvalue weighted by molar-refractivity contribution is 0.0943. The quantitative estimate of drug-likeness (QED) is 0.856. The zero-order chi connectivity index (χ0) is 15.3. The highest BCUT2D eigenvalue weighted by molar-refractivity contribution is 6.29. The minimum atomic E-state index is -0.0696. The van der Waals surface area contributed by atoms with Crippen LogP contribution in [0, 0.1) is 10.8 Å². The van der Waals surface area contributed by atoms with Crippen molar-refractivity contribution < 1.29 is 4.79 Å². The monoisotopic (exact) mass is 294 g/mol. The molecule has 1 aliphatic rings. The highest BCUT2D eigenvalue weighted by atomic mass is 35.5. The van der Waals surface area contributed by atoms with E-state index >= 15 is 0 Å². The van der Waals surface area contributed by atoms with Crippen molar-refractivity contribution in [3.05, 3.63) is 28.5 Å². The summed E-state index contributed by atoms with van der Waals surface area (Å²) in [7, 11) is 0. The summed E-state index contributed by atoms with van der Waals surface area (Å²) in [5.41, 5.74) is 1.69. The molecule has 0 unspecified atom stereocenters. The molecule has 1 amide bonds. The number of nitrogens with zero attached hydrogens (tertiary/aromatic N) is 1. The fourth-order valence-corrected chi connectivity index (χ4v) is 2.93. The zero-order valence-electron chi connectivity index (χ0n) is 13.0. The van der Waals surface area contributed by atoms with Crippen LogP contribution in [0.25, 0.3) is 0 Å². The molecule has 0 saturated heterocycles. The second-order valence-corrected chi connectivity index (χ2v) is 7.50. The van der Waals surface area contributed by atoms with Gasteiger partial charge in [0.05, 0.1) is 0 Å². The second-order valence-electron chi connectivity index (χ2n) is 7.11. The summed E-state index contributed by atoms with van der Waals surface area (Å²) in [6.07, 6.45) is 0. The molecule has 1 saturated carbocycles. The van der Waals surface area contributed by atoms with Crippen molar-refractivity contribution in [2.24, 2.45) is 10.8 Å². The number of amides is 1. The van der Waals surface area contributed by atoms with E-state index in [1.165, 1.54) is 0 Å². The summed E-state index contributed by atoms with van der Waals surface area (Å²) in [6.45, 7) is 12.8. The smallest absolute Gasteiger partial charge is 0.251 e. The first-order valence-electron chi connectivity index (χ1n) is 7.05. The van der Waals surface area contributed by atoms with Crippen molar-refractivity contribution in [3.63, 3.8) is 0 Å². The Morgan fingerprint density at radius 2 is 1.80 bits per heavy atom. The SMILES string of the molecule is CC(C)c1cc(C(=O)NC2C(C)(C)C2(C)C)cc(Cl)n1. The highest BCUT2D eigenvalue weighted by Crippen LogP contribution is 2.62. The number of hydrogen-bond acceptors (Lipinski definition) is 2. The second kappa shape index (κ2) is 4.73. The van der Waals surface area contributed by atoms with Crippen LogP contribution in [0.5, 0.6) is 0 Å². The lowest BCUT2D eigenvalue weighted by Crippen LogP contribution is -2.30. The topological polar surface area (TPSA) is 42.0 Å². The number of hydrogen-bond donors (Lipinski definition) is 1. The van der Waals surface area contributed by atoms with Crippen molar-refractivity contribution >= 4 is 17.5 Å². The molecular weight excluding hydrogens is 272 g/mol. The van der Waals surface area contributed by atoms with Crippen LogP contribution in [-0.2, 0) is 0 Å². The Labute approximate surface area is 126 Å². The minimum Gasteiger partial charge on any atom is -0.348 e. The van der Waals surface area contributed by atoms with Gasteiger partial charge in [0, 0.05) is 17.3 Å². The van der Waals surface area contributed by atoms with Crippen LogP contribution in [0.2, 0.25) is 5.15 Å². The largest absolute Gasteiger partial charge is 0.348 e. The first-order chi connectivity index (χ1) is 9.07. The molecule has 1 aromatic rings. The summed E-state index contributed by atoms with van der Waals surface area (Å²) >= 11 is 6.01. The molecule has 1 N–H and O–H groups in total. The van der Waals surface area contributed by atoms with E-state index in [-0.39, 0.29) is 28.7 Å². The minimum absolute atomic E-state index is 0.0696. The Bertz CT molecular complexity index is 535. The summed E-state index contributed by atoms with van der Waals surface area (Å²) < 4.78 is 0. The van der Waals surface area contributed by atoms with E-state index in [2.05, 4.69) is 38.0 Å². The average molecular weight is 295 g/mol. The van der Waals surface area contributed by atoms with Crippen molar-refractivity contribution in [1.29, 1.82) is 0 Å². The molecule has 0 aliphatic heterocycles. The molecule has 1 fully saturated rings. The third-order valence-corrected chi connectivity index (χ3v) is 5.16. The van der Waals surface area contributed by atoms with E-state index < -0.39 is 0 Å². The lowest BCUT2D eigenvalue weighted by atomic mass is 10.0. The van der Waals surface area contributed by atoms with Gasteiger partial charge in [-0.05, 0) is 28.9 Å². The standard InChI is InChI=1S/C16H23ClN2O/c1-9(2)11-7-10(8-12(17)18-11)13(20)19-14-15(3,4)16(14,5)6/h7-9,14H,1-6H3,(H,19,20). The summed E-state index contributed by atoms with van der Waals surface area (Å²) in [5.74, 6) is 0.175. The fourth-order valence-electron chi connectivity index (χ4n) is 2.72. The van der Waals surface area contributed by atoms with E-state index in [0.717, 1.165) is 5.69 Å². The number of halogens is 1. The third kappa shape index (κ3) is 2.44. The molecular formula is C16H23ClN2O. The molecule has 0 radical (unpaired) electrons. The van der Waals surface area contributed by atoms with Gasteiger partial charge in [0.2, 0.25) is 0 Å². The van der Waals surface area contributed by atoms with Crippen LogP contribution in [0.4, 0.5) is 0 Å². The van der Waals surface area contributed by atoms with E-state index in [0.29, 0.717) is 10.7 Å². The van der Waals surface area contributed by atoms with E-state index in [1.807, 2.05) is 19.9 Å². The summed E-state index contributed by atoms with van der Waals surface area (Å²) in [4.78, 5) is 16.7. The van der Waals surface area contributed by atoms with Crippen molar-refractivity contribution in [1.82, 2.24) is 10.3 Å². The number of nitrogens with one attached hydrogen (secondary N) is 1. The van der Waals surface area contributed by atoms with Gasteiger partial charge in [0.15, 0.2) is 0 Å². The van der Waals surface area contributed by atoms with Gasteiger partial charge in [-0.1, -0.05) is 53.1 Å². The molecule has 20 heavy (non-hydrogen) atoms. The van der Waals surface area contributed by atoms with E-state index in [9.17, 15) is 4.79 Å². The molecule has 0 bridgehead atoms. The number of carbonyl (C=O) groups is 1. The van der Waals surface area contributed by atoms with Crippen LogP contribution in [-0.4, -0.2) is 16.9 Å². The molecule has 0 atom stereocenters. The number of aromatic nitrogens is 1. The maximum absolute atomic E-state index is 12.4. The maximum Gasteiger partial charge on any atom is 0.251 e. The first kappa shape index (κ1) is 15.3. The molecule has 1 aromatic heterocycles. The van der Waals surface area contributed by atoms with Crippen molar-refractivity contribution in [3.8, 4) is 0 Å². The van der Waals surface area contributed by atoms with Gasteiger partial charge in [-0.15, -0.1) is 0 Å². The van der Waals surface area contributed by atoms with Crippen molar-refractivity contribution in [2.45, 2.75) is 53.5 Å². The molecule has 2 rings (SSSR count). The Morgan fingerprint density at radius 1 is 1.25 bits per heavy atom. The van der Waals surface area contributed by atoms with Crippen LogP contribution in [0.1, 0.15) is 63.5 Å². The van der Waals surface area contributed by atoms with E-state index in [4.69, 9.17) is 11.6 Å². The Kier molecular flexibility index (Phi) is 3.62. The molecule has 110 valence electrons. The lowest BCUT2D eigenvalue weighted by Gasteiger charge is -2.10. The Hall–Kier alpha value is -1.09.